The first-order valence-electron chi connectivity index (χ1n) is 4.96. The van der Waals surface area contributed by atoms with Gasteiger partial charge >= 0.3 is 0 Å². The highest BCUT2D eigenvalue weighted by Crippen LogP contribution is 2.17. The maximum atomic E-state index is 11.8. The Morgan fingerprint density at radius 2 is 2.31 bits per heavy atom. The normalized spacial score (nSPS) is 10.3. The zero-order chi connectivity index (χ0) is 11.4. The van der Waals surface area contributed by atoms with E-state index in [0.717, 1.165) is 11.6 Å². The summed E-state index contributed by atoms with van der Waals surface area (Å²) >= 11 is 3.17. The lowest BCUT2D eigenvalue weighted by Crippen LogP contribution is -2.26. The number of aryl methyl sites for hydroxylation is 1. The fourth-order valence-corrected chi connectivity index (χ4v) is 2.67. The fourth-order valence-electron chi connectivity index (χ4n) is 1.34. The Morgan fingerprint density at radius 1 is 1.44 bits per heavy atom. The molecular formula is C11H12N2OS2. The lowest BCUT2D eigenvalue weighted by atomic mass is 10.2. The molecule has 0 aliphatic rings. The molecule has 3 nitrogen and oxygen atoms in total. The predicted octanol–water partition coefficient (Wildman–Crippen LogP) is 2.80. The molecule has 0 aliphatic heterocycles. The average Bonchev–Trinajstić information content (AvgIpc) is 2.96. The average molecular weight is 252 g/mol. The summed E-state index contributed by atoms with van der Waals surface area (Å²) in [6, 6.07) is 4.07. The van der Waals surface area contributed by atoms with E-state index in [1.807, 2.05) is 16.8 Å². The molecular weight excluding hydrogens is 240 g/mol. The van der Waals surface area contributed by atoms with Crippen LogP contribution < -0.4 is 4.90 Å². The van der Waals surface area contributed by atoms with Crippen molar-refractivity contribution in [2.24, 2.45) is 0 Å². The second kappa shape index (κ2) is 5.23. The van der Waals surface area contributed by atoms with E-state index in [9.17, 15) is 4.79 Å². The monoisotopic (exact) mass is 252 g/mol. The zero-order valence-corrected chi connectivity index (χ0v) is 10.6. The van der Waals surface area contributed by atoms with Crippen molar-refractivity contribution in [2.75, 3.05) is 11.9 Å². The number of hydrogen-bond donors (Lipinski definition) is 0. The van der Waals surface area contributed by atoms with E-state index in [4.69, 9.17) is 0 Å². The van der Waals surface area contributed by atoms with Crippen LogP contribution in [0.4, 0.5) is 5.13 Å². The quantitative estimate of drug-likeness (QED) is 0.838. The molecule has 0 radical (unpaired) electrons. The van der Waals surface area contributed by atoms with Crippen LogP contribution in [0.25, 0.3) is 0 Å². The Morgan fingerprint density at radius 3 is 2.94 bits per heavy atom. The molecule has 0 spiro atoms. The van der Waals surface area contributed by atoms with Gasteiger partial charge in [-0.2, -0.15) is 0 Å². The van der Waals surface area contributed by atoms with Crippen LogP contribution >= 0.6 is 22.7 Å². The molecule has 1 amide bonds. The highest BCUT2D eigenvalue weighted by Gasteiger charge is 2.12. The third kappa shape index (κ3) is 2.68. The highest BCUT2D eigenvalue weighted by atomic mass is 32.1. The van der Waals surface area contributed by atoms with Gasteiger partial charge < -0.3 is 0 Å². The minimum absolute atomic E-state index is 0.114. The summed E-state index contributed by atoms with van der Waals surface area (Å²) in [5.74, 6) is 0.114. The van der Waals surface area contributed by atoms with E-state index in [1.54, 1.807) is 29.5 Å². The first kappa shape index (κ1) is 11.3. The van der Waals surface area contributed by atoms with Crippen molar-refractivity contribution in [3.63, 3.8) is 0 Å². The molecule has 0 aromatic carbocycles. The van der Waals surface area contributed by atoms with Gasteiger partial charge in [-0.15, -0.1) is 22.7 Å². The molecule has 84 valence electrons. The standard InChI is InChI=1S/C11H12N2OS2/c1-13(11-12-6-8-16-11)10(14)5-4-9-3-2-7-15-9/h2-3,6-8H,4-5H2,1H3. The molecule has 0 atom stereocenters. The van der Waals surface area contributed by atoms with Crippen LogP contribution in [-0.2, 0) is 11.2 Å². The van der Waals surface area contributed by atoms with E-state index in [2.05, 4.69) is 11.1 Å². The van der Waals surface area contributed by atoms with Crippen molar-refractivity contribution in [3.05, 3.63) is 34.0 Å². The number of carbonyl (C=O) groups is 1. The smallest absolute Gasteiger partial charge is 0.228 e. The molecule has 16 heavy (non-hydrogen) atoms. The van der Waals surface area contributed by atoms with Crippen molar-refractivity contribution in [3.8, 4) is 0 Å². The molecule has 2 aromatic rings. The van der Waals surface area contributed by atoms with Gasteiger partial charge in [0.1, 0.15) is 0 Å². The number of rotatable bonds is 4. The van der Waals surface area contributed by atoms with Crippen molar-refractivity contribution in [1.29, 1.82) is 0 Å². The first-order chi connectivity index (χ1) is 7.77. The van der Waals surface area contributed by atoms with Crippen LogP contribution in [0.1, 0.15) is 11.3 Å². The summed E-state index contributed by atoms with van der Waals surface area (Å²) in [5.41, 5.74) is 0. The van der Waals surface area contributed by atoms with Gasteiger partial charge in [-0.1, -0.05) is 6.07 Å². The van der Waals surface area contributed by atoms with Crippen LogP contribution in [0, 0.1) is 0 Å². The maximum Gasteiger partial charge on any atom is 0.228 e. The summed E-state index contributed by atoms with van der Waals surface area (Å²) < 4.78 is 0. The lowest BCUT2D eigenvalue weighted by Gasteiger charge is -2.12. The van der Waals surface area contributed by atoms with Gasteiger partial charge in [0.2, 0.25) is 5.91 Å². The third-order valence-corrected chi connectivity index (χ3v) is 4.03. The third-order valence-electron chi connectivity index (χ3n) is 2.25. The number of nitrogens with zero attached hydrogens (tertiary/aromatic N) is 2. The van der Waals surface area contributed by atoms with Crippen molar-refractivity contribution in [1.82, 2.24) is 4.98 Å². The number of anilines is 1. The molecule has 0 N–H and O–H groups in total. The minimum atomic E-state index is 0.114. The van der Waals surface area contributed by atoms with E-state index in [-0.39, 0.29) is 5.91 Å². The van der Waals surface area contributed by atoms with E-state index < -0.39 is 0 Å². The molecule has 0 unspecified atom stereocenters. The van der Waals surface area contributed by atoms with Crippen molar-refractivity contribution in [2.45, 2.75) is 12.8 Å². The topological polar surface area (TPSA) is 33.2 Å². The molecule has 2 rings (SSSR count). The Labute approximate surface area is 102 Å². The Balaban J connectivity index is 1.89. The van der Waals surface area contributed by atoms with Crippen LogP contribution in [-0.4, -0.2) is 17.9 Å². The summed E-state index contributed by atoms with van der Waals surface area (Å²) in [5, 5.41) is 4.67. The number of thiazole rings is 1. The minimum Gasteiger partial charge on any atom is -0.291 e. The van der Waals surface area contributed by atoms with Gasteiger partial charge in [0.15, 0.2) is 5.13 Å². The lowest BCUT2D eigenvalue weighted by molar-refractivity contribution is -0.118. The molecule has 2 heterocycles. The molecule has 0 saturated heterocycles. The first-order valence-corrected chi connectivity index (χ1v) is 6.72. The summed E-state index contributed by atoms with van der Waals surface area (Å²) in [6.45, 7) is 0. The van der Waals surface area contributed by atoms with Gasteiger partial charge in [-0.3, -0.25) is 9.69 Å². The van der Waals surface area contributed by atoms with Crippen molar-refractivity contribution < 1.29 is 4.79 Å². The molecule has 0 bridgehead atoms. The fraction of sp³-hybridized carbons (Fsp3) is 0.273. The largest absolute Gasteiger partial charge is 0.291 e. The summed E-state index contributed by atoms with van der Waals surface area (Å²) in [7, 11) is 1.77. The van der Waals surface area contributed by atoms with Gasteiger partial charge in [0, 0.05) is 29.9 Å². The summed E-state index contributed by atoms with van der Waals surface area (Å²) in [6.07, 6.45) is 3.06. The maximum absolute atomic E-state index is 11.8. The van der Waals surface area contributed by atoms with Gasteiger partial charge in [0.05, 0.1) is 0 Å². The van der Waals surface area contributed by atoms with E-state index in [0.29, 0.717) is 6.42 Å². The van der Waals surface area contributed by atoms with Crippen LogP contribution in [0.15, 0.2) is 29.1 Å². The molecule has 0 saturated carbocycles. The van der Waals surface area contributed by atoms with Gasteiger partial charge in [0.25, 0.3) is 0 Å². The summed E-state index contributed by atoms with van der Waals surface area (Å²) in [4.78, 5) is 18.8. The Bertz CT molecular complexity index is 437. The molecule has 0 fully saturated rings. The number of hydrogen-bond acceptors (Lipinski definition) is 4. The SMILES string of the molecule is CN(C(=O)CCc1cccs1)c1nccs1. The zero-order valence-electron chi connectivity index (χ0n) is 8.92. The number of thiophene rings is 1. The van der Waals surface area contributed by atoms with E-state index in [1.165, 1.54) is 16.2 Å². The highest BCUT2D eigenvalue weighted by molar-refractivity contribution is 7.13. The van der Waals surface area contributed by atoms with E-state index >= 15 is 0 Å². The number of amides is 1. The second-order valence-electron chi connectivity index (χ2n) is 3.35. The van der Waals surface area contributed by atoms with Crippen LogP contribution in [0.5, 0.6) is 0 Å². The predicted molar refractivity (Wildman–Crippen MR) is 68.2 cm³/mol. The molecule has 5 heteroatoms. The molecule has 2 aromatic heterocycles. The van der Waals surface area contributed by atoms with Gasteiger partial charge in [-0.25, -0.2) is 4.98 Å². The number of aromatic nitrogens is 1. The number of carbonyl (C=O) groups excluding carboxylic acids is 1. The Kier molecular flexibility index (Phi) is 3.69. The van der Waals surface area contributed by atoms with Crippen LogP contribution in [0.3, 0.4) is 0 Å². The van der Waals surface area contributed by atoms with Crippen molar-refractivity contribution >= 4 is 33.7 Å². The van der Waals surface area contributed by atoms with Crippen LogP contribution in [0.2, 0.25) is 0 Å². The Hall–Kier alpha value is -1.20. The molecule has 0 aliphatic carbocycles. The second-order valence-corrected chi connectivity index (χ2v) is 5.25. The van der Waals surface area contributed by atoms with Gasteiger partial charge in [-0.05, 0) is 17.9 Å².